The average molecular weight is 481 g/mol. The first-order valence-electron chi connectivity index (χ1n) is 8.88. The fraction of sp³-hybridized carbons (Fsp3) is 0.350. The van der Waals surface area contributed by atoms with E-state index in [2.05, 4.69) is 27.8 Å². The quantitative estimate of drug-likeness (QED) is 0.399. The van der Waals surface area contributed by atoms with Crippen LogP contribution in [0.3, 0.4) is 0 Å². The van der Waals surface area contributed by atoms with E-state index in [1.165, 1.54) is 5.56 Å². The second kappa shape index (κ2) is 9.16. The highest BCUT2D eigenvalue weighted by Crippen LogP contribution is 2.33. The van der Waals surface area contributed by atoms with Crippen LogP contribution in [0.4, 0.5) is 0 Å². The van der Waals surface area contributed by atoms with Crippen LogP contribution in [0.25, 0.3) is 0 Å². The molecule has 0 saturated carbocycles. The Hall–Kier alpha value is -2.16. The SMILES string of the molecule is CN=C(NCc1ccc2c(c1)OCO2)NCC1CCOc2ccccc21.I. The molecule has 0 bridgehead atoms. The molecule has 0 aliphatic carbocycles. The molecule has 2 aliphatic heterocycles. The number of guanidine groups is 1. The van der Waals surface area contributed by atoms with Crippen molar-refractivity contribution in [2.24, 2.45) is 4.99 Å². The van der Waals surface area contributed by atoms with Gasteiger partial charge < -0.3 is 24.8 Å². The molecular formula is C20H24IN3O3. The van der Waals surface area contributed by atoms with Gasteiger partial charge in [-0.25, -0.2) is 0 Å². The van der Waals surface area contributed by atoms with Gasteiger partial charge in [0.05, 0.1) is 6.61 Å². The minimum Gasteiger partial charge on any atom is -0.493 e. The van der Waals surface area contributed by atoms with E-state index in [0.717, 1.165) is 48.3 Å². The van der Waals surface area contributed by atoms with Crippen LogP contribution in [0.1, 0.15) is 23.5 Å². The third kappa shape index (κ3) is 4.58. The van der Waals surface area contributed by atoms with Crippen LogP contribution in [0.15, 0.2) is 47.5 Å². The number of hydrogen-bond donors (Lipinski definition) is 2. The summed E-state index contributed by atoms with van der Waals surface area (Å²) in [5.74, 6) is 3.80. The largest absolute Gasteiger partial charge is 0.493 e. The molecule has 0 fully saturated rings. The second-order valence-electron chi connectivity index (χ2n) is 6.37. The van der Waals surface area contributed by atoms with Gasteiger partial charge in [-0.05, 0) is 35.7 Å². The summed E-state index contributed by atoms with van der Waals surface area (Å²) < 4.78 is 16.5. The number of nitrogens with one attached hydrogen (secondary N) is 2. The number of ether oxygens (including phenoxy) is 3. The van der Waals surface area contributed by atoms with Crippen LogP contribution in [0, 0.1) is 0 Å². The Bertz CT molecular complexity index is 813. The van der Waals surface area contributed by atoms with Gasteiger partial charge in [0.1, 0.15) is 5.75 Å². The smallest absolute Gasteiger partial charge is 0.231 e. The van der Waals surface area contributed by atoms with Crippen LogP contribution >= 0.6 is 24.0 Å². The van der Waals surface area contributed by atoms with Gasteiger partial charge in [0.2, 0.25) is 6.79 Å². The molecule has 2 N–H and O–H groups in total. The highest BCUT2D eigenvalue weighted by Gasteiger charge is 2.21. The van der Waals surface area contributed by atoms with Crippen molar-refractivity contribution in [3.63, 3.8) is 0 Å². The Morgan fingerprint density at radius 1 is 1.04 bits per heavy atom. The van der Waals surface area contributed by atoms with Crippen molar-refractivity contribution in [2.45, 2.75) is 18.9 Å². The van der Waals surface area contributed by atoms with Gasteiger partial charge in [-0.1, -0.05) is 24.3 Å². The molecule has 1 unspecified atom stereocenters. The lowest BCUT2D eigenvalue weighted by Gasteiger charge is -2.26. The zero-order chi connectivity index (χ0) is 17.8. The number of aliphatic imine (C=N–C) groups is 1. The molecule has 2 aromatic carbocycles. The molecule has 7 heteroatoms. The highest BCUT2D eigenvalue weighted by atomic mass is 127. The second-order valence-corrected chi connectivity index (χ2v) is 6.37. The molecule has 6 nitrogen and oxygen atoms in total. The summed E-state index contributed by atoms with van der Waals surface area (Å²) in [6.45, 7) is 2.54. The zero-order valence-corrected chi connectivity index (χ0v) is 17.6. The third-order valence-electron chi connectivity index (χ3n) is 4.72. The minimum absolute atomic E-state index is 0. The number of benzene rings is 2. The summed E-state index contributed by atoms with van der Waals surface area (Å²) >= 11 is 0. The molecule has 2 heterocycles. The number of fused-ring (bicyclic) bond motifs is 2. The van der Waals surface area contributed by atoms with E-state index >= 15 is 0 Å². The fourth-order valence-electron chi connectivity index (χ4n) is 3.31. The summed E-state index contributed by atoms with van der Waals surface area (Å²) in [6.07, 6.45) is 1.00. The van der Waals surface area contributed by atoms with E-state index < -0.39 is 0 Å². The van der Waals surface area contributed by atoms with Crippen molar-refractivity contribution in [1.82, 2.24) is 10.6 Å². The van der Waals surface area contributed by atoms with Crippen molar-refractivity contribution >= 4 is 29.9 Å². The molecule has 0 radical (unpaired) electrons. The van der Waals surface area contributed by atoms with Gasteiger partial charge in [0.25, 0.3) is 0 Å². The topological polar surface area (TPSA) is 64.1 Å². The molecule has 0 spiro atoms. The number of para-hydroxylation sites is 1. The fourth-order valence-corrected chi connectivity index (χ4v) is 3.31. The Kier molecular flexibility index (Phi) is 6.65. The molecule has 0 amide bonds. The molecule has 0 aromatic heterocycles. The molecule has 4 rings (SSSR count). The zero-order valence-electron chi connectivity index (χ0n) is 15.2. The Balaban J connectivity index is 0.00000210. The van der Waals surface area contributed by atoms with E-state index in [0.29, 0.717) is 19.3 Å². The minimum atomic E-state index is 0. The number of nitrogens with zero attached hydrogens (tertiary/aromatic N) is 1. The molecule has 144 valence electrons. The lowest BCUT2D eigenvalue weighted by atomic mass is 9.93. The van der Waals surface area contributed by atoms with Gasteiger partial charge in [0.15, 0.2) is 17.5 Å². The van der Waals surface area contributed by atoms with Gasteiger partial charge in [-0.3, -0.25) is 4.99 Å². The lowest BCUT2D eigenvalue weighted by Crippen LogP contribution is -2.39. The maximum atomic E-state index is 5.73. The first-order chi connectivity index (χ1) is 12.8. The number of halogens is 1. The summed E-state index contributed by atoms with van der Waals surface area (Å²) in [7, 11) is 1.78. The highest BCUT2D eigenvalue weighted by molar-refractivity contribution is 14.0. The monoisotopic (exact) mass is 481 g/mol. The standard InChI is InChI=1S/C20H23N3O3.HI/c1-21-20(22-11-14-6-7-18-19(10-14)26-13-25-18)23-12-15-8-9-24-17-5-3-2-4-16(15)17;/h2-7,10,15H,8-9,11-13H2,1H3,(H2,21,22,23);1H. The van der Waals surface area contributed by atoms with Crippen molar-refractivity contribution in [3.05, 3.63) is 53.6 Å². The van der Waals surface area contributed by atoms with Gasteiger partial charge in [-0.2, -0.15) is 0 Å². The Morgan fingerprint density at radius 3 is 2.78 bits per heavy atom. The maximum absolute atomic E-state index is 5.73. The van der Waals surface area contributed by atoms with Crippen LogP contribution in [-0.2, 0) is 6.54 Å². The maximum Gasteiger partial charge on any atom is 0.231 e. The number of hydrogen-bond acceptors (Lipinski definition) is 4. The Morgan fingerprint density at radius 2 is 1.89 bits per heavy atom. The molecule has 27 heavy (non-hydrogen) atoms. The van der Waals surface area contributed by atoms with Crippen molar-refractivity contribution in [2.75, 3.05) is 27.0 Å². The van der Waals surface area contributed by atoms with E-state index in [4.69, 9.17) is 14.2 Å². The predicted molar refractivity (Wildman–Crippen MR) is 115 cm³/mol. The van der Waals surface area contributed by atoms with E-state index in [1.807, 2.05) is 30.3 Å². The molecule has 0 saturated heterocycles. The van der Waals surface area contributed by atoms with Crippen molar-refractivity contribution < 1.29 is 14.2 Å². The van der Waals surface area contributed by atoms with Crippen LogP contribution in [0.5, 0.6) is 17.2 Å². The molecule has 1 atom stereocenters. The third-order valence-corrected chi connectivity index (χ3v) is 4.72. The first-order valence-corrected chi connectivity index (χ1v) is 8.88. The summed E-state index contributed by atoms with van der Waals surface area (Å²) in [4.78, 5) is 4.32. The van der Waals surface area contributed by atoms with Crippen molar-refractivity contribution in [1.29, 1.82) is 0 Å². The van der Waals surface area contributed by atoms with E-state index in [9.17, 15) is 0 Å². The van der Waals surface area contributed by atoms with Gasteiger partial charge in [0, 0.05) is 26.1 Å². The molecule has 2 aliphatic rings. The lowest BCUT2D eigenvalue weighted by molar-refractivity contribution is 0.174. The van der Waals surface area contributed by atoms with E-state index in [-0.39, 0.29) is 24.0 Å². The van der Waals surface area contributed by atoms with Crippen molar-refractivity contribution in [3.8, 4) is 17.2 Å². The summed E-state index contributed by atoms with van der Waals surface area (Å²) in [6, 6.07) is 14.2. The molecular weight excluding hydrogens is 457 g/mol. The normalized spacial score (nSPS) is 17.4. The first kappa shape index (κ1) is 19.6. The average Bonchev–Trinajstić information content (AvgIpc) is 3.16. The predicted octanol–water partition coefficient (Wildman–Crippen LogP) is 3.26. The van der Waals surface area contributed by atoms with Crippen LogP contribution < -0.4 is 24.8 Å². The van der Waals surface area contributed by atoms with Crippen LogP contribution in [0.2, 0.25) is 0 Å². The van der Waals surface area contributed by atoms with E-state index in [1.54, 1.807) is 7.05 Å². The number of rotatable bonds is 4. The molecule has 2 aromatic rings. The van der Waals surface area contributed by atoms with Crippen LogP contribution in [-0.4, -0.2) is 33.0 Å². The summed E-state index contributed by atoms with van der Waals surface area (Å²) in [5, 5.41) is 6.78. The van der Waals surface area contributed by atoms with Gasteiger partial charge in [-0.15, -0.1) is 24.0 Å². The van der Waals surface area contributed by atoms with Gasteiger partial charge >= 0.3 is 0 Å². The summed E-state index contributed by atoms with van der Waals surface area (Å²) in [5.41, 5.74) is 2.38. The Labute approximate surface area is 176 Å².